The third kappa shape index (κ3) is 4.80. The van der Waals surface area contributed by atoms with Gasteiger partial charge in [-0.1, -0.05) is 36.7 Å². The summed E-state index contributed by atoms with van der Waals surface area (Å²) in [6.45, 7) is 0.491. The van der Waals surface area contributed by atoms with Gasteiger partial charge in [0.15, 0.2) is 0 Å². The summed E-state index contributed by atoms with van der Waals surface area (Å²) < 4.78 is 23.8. The summed E-state index contributed by atoms with van der Waals surface area (Å²) in [4.78, 5) is 37.9. The molecule has 0 unspecified atom stereocenters. The Balaban J connectivity index is 1.58. The Bertz CT molecular complexity index is 819. The molecule has 0 N–H and O–H groups in total. The van der Waals surface area contributed by atoms with E-state index in [-0.39, 0.29) is 30.1 Å². The van der Waals surface area contributed by atoms with Crippen LogP contribution in [0.4, 0.5) is 4.39 Å². The van der Waals surface area contributed by atoms with Gasteiger partial charge in [-0.25, -0.2) is 9.18 Å². The maximum Gasteiger partial charge on any atom is 0.333 e. The molecule has 0 spiro atoms. The zero-order chi connectivity index (χ0) is 20.9. The van der Waals surface area contributed by atoms with Crippen LogP contribution in [0.1, 0.15) is 37.7 Å². The van der Waals surface area contributed by atoms with Gasteiger partial charge < -0.3 is 14.4 Å². The first-order chi connectivity index (χ1) is 14.0. The van der Waals surface area contributed by atoms with Crippen molar-refractivity contribution in [2.75, 3.05) is 26.0 Å². The van der Waals surface area contributed by atoms with Crippen molar-refractivity contribution in [3.05, 3.63) is 46.8 Å². The summed E-state index contributed by atoms with van der Waals surface area (Å²) in [5, 5.41) is 0.542. The van der Waals surface area contributed by atoms with Gasteiger partial charge in [-0.15, -0.1) is 0 Å². The van der Waals surface area contributed by atoms with Crippen molar-refractivity contribution in [2.24, 2.45) is 0 Å². The number of esters is 2. The summed E-state index contributed by atoms with van der Waals surface area (Å²) in [6.07, 6.45) is 4.81. The summed E-state index contributed by atoms with van der Waals surface area (Å²) >= 11 is 1.28. The molecule has 3 rings (SSSR count). The van der Waals surface area contributed by atoms with Gasteiger partial charge in [0.2, 0.25) is 5.91 Å². The molecule has 1 aliphatic heterocycles. The molecule has 29 heavy (non-hydrogen) atoms. The van der Waals surface area contributed by atoms with Crippen molar-refractivity contribution < 1.29 is 28.2 Å². The maximum absolute atomic E-state index is 13.7. The number of hydrogen-bond acceptors (Lipinski definition) is 6. The molecular formula is C21H24FNO5S. The predicted octanol–water partition coefficient (Wildman–Crippen LogP) is 3.16. The maximum atomic E-state index is 13.7. The fourth-order valence-electron chi connectivity index (χ4n) is 3.83. The topological polar surface area (TPSA) is 72.9 Å². The van der Waals surface area contributed by atoms with Gasteiger partial charge in [0.1, 0.15) is 5.82 Å². The normalized spacial score (nSPS) is 19.6. The molecule has 6 nitrogen and oxygen atoms in total. The molecule has 0 radical (unpaired) electrons. The minimum Gasteiger partial charge on any atom is -0.466 e. The number of hydrogen-bond donors (Lipinski definition) is 0. The second-order valence-electron chi connectivity index (χ2n) is 7.13. The molecule has 156 valence electrons. The molecule has 8 heteroatoms. The molecule has 1 amide bonds. The van der Waals surface area contributed by atoms with Crippen LogP contribution >= 0.6 is 11.8 Å². The number of carbonyl (C=O) groups is 3. The van der Waals surface area contributed by atoms with E-state index in [1.165, 1.54) is 42.0 Å². The second-order valence-corrected chi connectivity index (χ2v) is 8.12. The zero-order valence-electron chi connectivity index (χ0n) is 16.3. The van der Waals surface area contributed by atoms with Crippen LogP contribution in [0.2, 0.25) is 0 Å². The first-order valence-electron chi connectivity index (χ1n) is 9.62. The number of halogens is 1. The lowest BCUT2D eigenvalue weighted by Gasteiger charge is -2.27. The summed E-state index contributed by atoms with van der Waals surface area (Å²) in [7, 11) is 1.28. The molecule has 1 aromatic rings. The Kier molecular flexibility index (Phi) is 6.95. The van der Waals surface area contributed by atoms with E-state index in [0.717, 1.165) is 12.8 Å². The molecular weight excluding hydrogens is 397 g/mol. The smallest absolute Gasteiger partial charge is 0.333 e. The van der Waals surface area contributed by atoms with Crippen LogP contribution in [0.15, 0.2) is 35.4 Å². The monoisotopic (exact) mass is 421 g/mol. The number of benzene rings is 1. The van der Waals surface area contributed by atoms with Gasteiger partial charge in [-0.2, -0.15) is 0 Å². The van der Waals surface area contributed by atoms with E-state index in [4.69, 9.17) is 4.74 Å². The van der Waals surface area contributed by atoms with Crippen molar-refractivity contribution in [3.63, 3.8) is 0 Å². The quantitative estimate of drug-likeness (QED) is 0.383. The highest BCUT2D eigenvalue weighted by atomic mass is 32.2. The van der Waals surface area contributed by atoms with E-state index >= 15 is 0 Å². The highest BCUT2D eigenvalue weighted by Gasteiger charge is 2.44. The minimum atomic E-state index is -0.794. The van der Waals surface area contributed by atoms with Gasteiger partial charge >= 0.3 is 11.9 Å². The third-order valence-corrected chi connectivity index (χ3v) is 6.36. The lowest BCUT2D eigenvalue weighted by Crippen LogP contribution is -2.35. The molecule has 1 saturated heterocycles. The Morgan fingerprint density at radius 1 is 1.31 bits per heavy atom. The van der Waals surface area contributed by atoms with Crippen LogP contribution in [0.3, 0.4) is 0 Å². The fraction of sp³-hybridized carbons (Fsp3) is 0.476. The molecule has 1 aliphatic carbocycles. The Morgan fingerprint density at radius 3 is 2.76 bits per heavy atom. The lowest BCUT2D eigenvalue weighted by molar-refractivity contribution is -0.150. The van der Waals surface area contributed by atoms with Crippen LogP contribution in [-0.4, -0.2) is 48.8 Å². The van der Waals surface area contributed by atoms with Crippen LogP contribution in [0, 0.1) is 5.82 Å². The molecule has 2 aliphatic rings. The lowest BCUT2D eigenvalue weighted by atomic mass is 9.79. The Morgan fingerprint density at radius 2 is 2.07 bits per heavy atom. The number of amides is 1. The van der Waals surface area contributed by atoms with Gasteiger partial charge in [0.05, 0.1) is 36.0 Å². The largest absolute Gasteiger partial charge is 0.466 e. The first kappa shape index (κ1) is 21.4. The van der Waals surface area contributed by atoms with Gasteiger partial charge in [0.25, 0.3) is 0 Å². The van der Waals surface area contributed by atoms with Crippen molar-refractivity contribution >= 4 is 29.6 Å². The summed E-state index contributed by atoms with van der Waals surface area (Å²) in [6, 6.07) is 6.17. The molecule has 2 fully saturated rings. The van der Waals surface area contributed by atoms with E-state index < -0.39 is 11.4 Å². The predicted molar refractivity (Wildman–Crippen MR) is 106 cm³/mol. The highest BCUT2D eigenvalue weighted by Crippen LogP contribution is 2.42. The minimum absolute atomic E-state index is 0.0940. The number of carbonyl (C=O) groups excluding carboxylic acids is 3. The molecule has 1 aromatic carbocycles. The van der Waals surface area contributed by atoms with Gasteiger partial charge in [-0.05, 0) is 37.0 Å². The number of rotatable bonds is 7. The van der Waals surface area contributed by atoms with Gasteiger partial charge in [0, 0.05) is 6.54 Å². The van der Waals surface area contributed by atoms with Crippen LogP contribution < -0.4 is 0 Å². The molecule has 0 atom stereocenters. The second kappa shape index (κ2) is 9.43. The van der Waals surface area contributed by atoms with Crippen molar-refractivity contribution in [2.45, 2.75) is 37.5 Å². The highest BCUT2D eigenvalue weighted by molar-refractivity contribution is 8.04. The van der Waals surface area contributed by atoms with Crippen molar-refractivity contribution in [3.8, 4) is 0 Å². The third-order valence-electron chi connectivity index (χ3n) is 5.34. The zero-order valence-corrected chi connectivity index (χ0v) is 17.1. The average Bonchev–Trinajstić information content (AvgIpc) is 3.34. The molecule has 0 bridgehead atoms. The number of ether oxygens (including phenoxy) is 2. The number of thioether (sulfide) groups is 1. The van der Waals surface area contributed by atoms with Crippen molar-refractivity contribution in [1.29, 1.82) is 0 Å². The van der Waals surface area contributed by atoms with E-state index in [1.807, 2.05) is 0 Å². The van der Waals surface area contributed by atoms with Crippen molar-refractivity contribution in [1.82, 2.24) is 4.90 Å². The molecule has 1 heterocycles. The Hall–Kier alpha value is -2.35. The number of nitrogens with zero attached hydrogens (tertiary/aromatic N) is 1. The van der Waals surface area contributed by atoms with Crippen LogP contribution in [0.25, 0.3) is 0 Å². The van der Waals surface area contributed by atoms with E-state index in [0.29, 0.717) is 36.4 Å². The number of methoxy groups -OCH3 is 1. The standard InChI is InChI=1S/C21H24FNO5S/c1-27-19(25)13-18-23(17(24)14-29-18)10-5-11-28-20(26)21(8-2-3-9-21)15-6-4-7-16(22)12-15/h4,6-7,12-13H,2-3,5,8-11,14H2,1H3/b18-13+. The van der Waals surface area contributed by atoms with Crippen LogP contribution in [-0.2, 0) is 29.3 Å². The SMILES string of the molecule is COC(=O)/C=C1/SCC(=O)N1CCCOC(=O)C1(c2cccc(F)c2)CCCC1. The summed E-state index contributed by atoms with van der Waals surface area (Å²) in [5.74, 6) is -1.05. The van der Waals surface area contributed by atoms with E-state index in [2.05, 4.69) is 4.74 Å². The summed E-state index contributed by atoms with van der Waals surface area (Å²) in [5.41, 5.74) is -0.133. The van der Waals surface area contributed by atoms with E-state index in [1.54, 1.807) is 12.1 Å². The first-order valence-corrected chi connectivity index (χ1v) is 10.6. The molecule has 0 aromatic heterocycles. The Labute approximate surface area is 173 Å². The average molecular weight is 421 g/mol. The fourth-order valence-corrected chi connectivity index (χ4v) is 4.79. The van der Waals surface area contributed by atoms with Crippen LogP contribution in [0.5, 0.6) is 0 Å². The van der Waals surface area contributed by atoms with Gasteiger partial charge in [-0.3, -0.25) is 9.59 Å². The van der Waals surface area contributed by atoms with E-state index in [9.17, 15) is 18.8 Å². The molecule has 1 saturated carbocycles.